The summed E-state index contributed by atoms with van der Waals surface area (Å²) in [6.45, 7) is 3.24. The second-order valence-electron chi connectivity index (χ2n) is 4.22. The molecule has 1 aromatic rings. The number of hydrogen-bond acceptors (Lipinski definition) is 2. The van der Waals surface area contributed by atoms with Crippen molar-refractivity contribution >= 4 is 34.9 Å². The van der Waals surface area contributed by atoms with Gasteiger partial charge in [-0.1, -0.05) is 29.3 Å². The van der Waals surface area contributed by atoms with E-state index in [0.29, 0.717) is 10.7 Å². The molecule has 0 unspecified atom stereocenters. The van der Waals surface area contributed by atoms with Crippen LogP contribution in [0.2, 0.25) is 10.0 Å². The van der Waals surface area contributed by atoms with E-state index < -0.39 is 11.6 Å². The SMILES string of the molecule is CC(C)(CO)NC(=O)Nc1cccc(Cl)c1Cl. The molecule has 0 atom stereocenters. The lowest BCUT2D eigenvalue weighted by Gasteiger charge is -2.23. The van der Waals surface area contributed by atoms with Crippen molar-refractivity contribution < 1.29 is 9.90 Å². The first-order valence-corrected chi connectivity index (χ1v) is 5.75. The fraction of sp³-hybridized carbons (Fsp3) is 0.364. The molecule has 0 spiro atoms. The predicted octanol–water partition coefficient (Wildman–Crippen LogP) is 2.89. The molecule has 1 rings (SSSR count). The van der Waals surface area contributed by atoms with Crippen LogP contribution in [0.1, 0.15) is 13.8 Å². The number of amides is 2. The number of carbonyl (C=O) groups is 1. The second-order valence-corrected chi connectivity index (χ2v) is 5.01. The van der Waals surface area contributed by atoms with Crippen molar-refractivity contribution in [2.75, 3.05) is 11.9 Å². The summed E-state index contributed by atoms with van der Waals surface area (Å²) in [6, 6.07) is 4.50. The van der Waals surface area contributed by atoms with E-state index in [1.807, 2.05) is 0 Å². The number of benzene rings is 1. The zero-order chi connectivity index (χ0) is 13.1. The summed E-state index contributed by atoms with van der Waals surface area (Å²) < 4.78 is 0. The molecule has 0 saturated heterocycles. The second kappa shape index (κ2) is 5.58. The third-order valence-electron chi connectivity index (χ3n) is 2.05. The molecule has 2 amide bonds. The number of aliphatic hydroxyl groups is 1. The molecule has 0 aliphatic rings. The van der Waals surface area contributed by atoms with Crippen LogP contribution >= 0.6 is 23.2 Å². The monoisotopic (exact) mass is 276 g/mol. The van der Waals surface area contributed by atoms with E-state index >= 15 is 0 Å². The van der Waals surface area contributed by atoms with Gasteiger partial charge in [0.1, 0.15) is 0 Å². The topological polar surface area (TPSA) is 61.4 Å². The minimum absolute atomic E-state index is 0.163. The lowest BCUT2D eigenvalue weighted by molar-refractivity contribution is 0.187. The van der Waals surface area contributed by atoms with Crippen molar-refractivity contribution in [2.24, 2.45) is 0 Å². The van der Waals surface area contributed by atoms with E-state index in [1.165, 1.54) is 0 Å². The third-order valence-corrected chi connectivity index (χ3v) is 2.87. The highest BCUT2D eigenvalue weighted by Crippen LogP contribution is 2.29. The van der Waals surface area contributed by atoms with Gasteiger partial charge in [0.2, 0.25) is 0 Å². The molecule has 0 heterocycles. The van der Waals surface area contributed by atoms with Gasteiger partial charge in [-0.25, -0.2) is 4.79 Å². The van der Waals surface area contributed by atoms with Crippen LogP contribution in [0.5, 0.6) is 0 Å². The van der Waals surface area contributed by atoms with Crippen LogP contribution in [0.4, 0.5) is 10.5 Å². The highest BCUT2D eigenvalue weighted by atomic mass is 35.5. The summed E-state index contributed by atoms with van der Waals surface area (Å²) in [5.41, 5.74) is -0.278. The first-order chi connectivity index (χ1) is 7.85. The Morgan fingerprint density at radius 2 is 2.06 bits per heavy atom. The molecule has 0 aliphatic carbocycles. The van der Waals surface area contributed by atoms with Crippen LogP contribution in [0.3, 0.4) is 0 Å². The molecule has 4 nitrogen and oxygen atoms in total. The van der Waals surface area contributed by atoms with Crippen LogP contribution in [-0.2, 0) is 0 Å². The summed E-state index contributed by atoms with van der Waals surface area (Å²) in [5.74, 6) is 0. The van der Waals surface area contributed by atoms with Gasteiger partial charge in [-0.15, -0.1) is 0 Å². The molecule has 1 aromatic carbocycles. The van der Waals surface area contributed by atoms with Gasteiger partial charge < -0.3 is 15.7 Å². The maximum Gasteiger partial charge on any atom is 0.319 e. The highest BCUT2D eigenvalue weighted by Gasteiger charge is 2.19. The van der Waals surface area contributed by atoms with Crippen LogP contribution in [0, 0.1) is 0 Å². The maximum atomic E-state index is 11.6. The highest BCUT2D eigenvalue weighted by molar-refractivity contribution is 6.43. The summed E-state index contributed by atoms with van der Waals surface area (Å²) in [4.78, 5) is 11.6. The molecule has 0 fully saturated rings. The van der Waals surface area contributed by atoms with Crippen LogP contribution in [-0.4, -0.2) is 23.3 Å². The molecule has 94 valence electrons. The van der Waals surface area contributed by atoms with Crippen molar-refractivity contribution in [3.05, 3.63) is 28.2 Å². The molecule has 0 aromatic heterocycles. The van der Waals surface area contributed by atoms with Gasteiger partial charge in [0.05, 0.1) is 27.9 Å². The Morgan fingerprint density at radius 3 is 2.65 bits per heavy atom. The Labute approximate surface area is 110 Å². The van der Waals surface area contributed by atoms with Gasteiger partial charge in [-0.05, 0) is 26.0 Å². The lowest BCUT2D eigenvalue weighted by atomic mass is 10.1. The molecule has 17 heavy (non-hydrogen) atoms. The predicted molar refractivity (Wildman–Crippen MR) is 69.8 cm³/mol. The Kier molecular flexibility index (Phi) is 4.62. The van der Waals surface area contributed by atoms with Crippen molar-refractivity contribution in [1.29, 1.82) is 0 Å². The summed E-state index contributed by atoms with van der Waals surface area (Å²) in [5, 5.41) is 14.8. The van der Waals surface area contributed by atoms with Gasteiger partial charge in [0.25, 0.3) is 0 Å². The average Bonchev–Trinajstić information content (AvgIpc) is 2.24. The maximum absolute atomic E-state index is 11.6. The quantitative estimate of drug-likeness (QED) is 0.795. The van der Waals surface area contributed by atoms with Crippen molar-refractivity contribution in [2.45, 2.75) is 19.4 Å². The van der Waals surface area contributed by atoms with Gasteiger partial charge in [-0.2, -0.15) is 0 Å². The molecule has 3 N–H and O–H groups in total. The molecule has 0 radical (unpaired) electrons. The smallest absolute Gasteiger partial charge is 0.319 e. The number of hydrogen-bond donors (Lipinski definition) is 3. The largest absolute Gasteiger partial charge is 0.394 e. The normalized spacial score (nSPS) is 11.1. The fourth-order valence-corrected chi connectivity index (χ4v) is 1.45. The van der Waals surface area contributed by atoms with Crippen molar-refractivity contribution in [3.8, 4) is 0 Å². The van der Waals surface area contributed by atoms with E-state index in [-0.39, 0.29) is 11.6 Å². The number of urea groups is 1. The number of aliphatic hydroxyl groups excluding tert-OH is 1. The fourth-order valence-electron chi connectivity index (χ4n) is 1.10. The van der Waals surface area contributed by atoms with E-state index in [1.54, 1.807) is 32.0 Å². The van der Waals surface area contributed by atoms with Gasteiger partial charge in [0.15, 0.2) is 0 Å². The zero-order valence-electron chi connectivity index (χ0n) is 9.55. The Balaban J connectivity index is 2.72. The summed E-state index contributed by atoms with van der Waals surface area (Å²) in [6.07, 6.45) is 0. The van der Waals surface area contributed by atoms with E-state index in [2.05, 4.69) is 10.6 Å². The standard InChI is InChI=1S/C11H14Cl2N2O2/c1-11(2,6-16)15-10(17)14-8-5-3-4-7(12)9(8)13/h3-5,16H,6H2,1-2H3,(H2,14,15,17). The number of nitrogens with one attached hydrogen (secondary N) is 2. The first-order valence-electron chi connectivity index (χ1n) is 5.00. The molecule has 0 aliphatic heterocycles. The number of anilines is 1. The first kappa shape index (κ1) is 14.1. The molecule has 0 saturated carbocycles. The van der Waals surface area contributed by atoms with Gasteiger partial charge >= 0.3 is 6.03 Å². The van der Waals surface area contributed by atoms with Crippen LogP contribution in [0.15, 0.2) is 18.2 Å². The lowest BCUT2D eigenvalue weighted by Crippen LogP contribution is -2.48. The van der Waals surface area contributed by atoms with Crippen molar-refractivity contribution in [1.82, 2.24) is 5.32 Å². The van der Waals surface area contributed by atoms with Crippen LogP contribution < -0.4 is 10.6 Å². The molecular weight excluding hydrogens is 263 g/mol. The van der Waals surface area contributed by atoms with Crippen LogP contribution in [0.25, 0.3) is 0 Å². The molecule has 6 heteroatoms. The van der Waals surface area contributed by atoms with E-state index in [4.69, 9.17) is 28.3 Å². The zero-order valence-corrected chi connectivity index (χ0v) is 11.1. The molecular formula is C11H14Cl2N2O2. The minimum Gasteiger partial charge on any atom is -0.394 e. The average molecular weight is 277 g/mol. The third kappa shape index (κ3) is 4.07. The number of carbonyl (C=O) groups excluding carboxylic acids is 1. The Morgan fingerprint density at radius 1 is 1.41 bits per heavy atom. The van der Waals surface area contributed by atoms with E-state index in [0.717, 1.165) is 0 Å². The van der Waals surface area contributed by atoms with Gasteiger partial charge in [0, 0.05) is 0 Å². The summed E-state index contributed by atoms with van der Waals surface area (Å²) >= 11 is 11.7. The molecule has 0 bridgehead atoms. The van der Waals surface area contributed by atoms with Gasteiger partial charge in [-0.3, -0.25) is 0 Å². The number of halogens is 2. The van der Waals surface area contributed by atoms with Crippen molar-refractivity contribution in [3.63, 3.8) is 0 Å². The number of rotatable bonds is 3. The summed E-state index contributed by atoms with van der Waals surface area (Å²) in [7, 11) is 0. The Bertz CT molecular complexity index is 422. The Hall–Kier alpha value is -0.970. The minimum atomic E-state index is -0.699. The van der Waals surface area contributed by atoms with E-state index in [9.17, 15) is 4.79 Å².